The van der Waals surface area contributed by atoms with Gasteiger partial charge in [0.05, 0.1) is 0 Å². The molecule has 112 valence electrons. The van der Waals surface area contributed by atoms with Gasteiger partial charge in [0.25, 0.3) is 5.91 Å². The molecule has 0 spiro atoms. The van der Waals surface area contributed by atoms with Gasteiger partial charge in [0.2, 0.25) is 0 Å². The zero-order valence-corrected chi connectivity index (χ0v) is 12.2. The van der Waals surface area contributed by atoms with Crippen molar-refractivity contribution in [2.24, 2.45) is 5.92 Å². The lowest BCUT2D eigenvalue weighted by atomic mass is 10.0. The van der Waals surface area contributed by atoms with Gasteiger partial charge in [-0.1, -0.05) is 0 Å². The molecule has 1 aromatic rings. The number of carbonyl (C=O) groups is 1. The Morgan fingerprint density at radius 3 is 2.76 bits per heavy atom. The number of piperidine rings is 1. The molecule has 0 aromatic heterocycles. The van der Waals surface area contributed by atoms with Crippen LogP contribution in [-0.4, -0.2) is 49.7 Å². The van der Waals surface area contributed by atoms with Crippen LogP contribution in [-0.2, 0) is 0 Å². The SMILES string of the molecule is CN1CC2CC1CC2NC(=O)c1ccc2c(c1)OCCO2. The van der Waals surface area contributed by atoms with Crippen LogP contribution in [0.1, 0.15) is 23.2 Å². The van der Waals surface area contributed by atoms with Gasteiger partial charge in [-0.2, -0.15) is 0 Å². The van der Waals surface area contributed by atoms with E-state index in [4.69, 9.17) is 9.47 Å². The number of hydrogen-bond donors (Lipinski definition) is 1. The van der Waals surface area contributed by atoms with Gasteiger partial charge < -0.3 is 19.7 Å². The third kappa shape index (κ3) is 2.25. The molecule has 5 nitrogen and oxygen atoms in total. The van der Waals surface area contributed by atoms with Gasteiger partial charge >= 0.3 is 0 Å². The number of amides is 1. The molecule has 1 amide bonds. The average molecular weight is 288 g/mol. The monoisotopic (exact) mass is 288 g/mol. The third-order valence-corrected chi connectivity index (χ3v) is 4.94. The van der Waals surface area contributed by atoms with Gasteiger partial charge in [-0.25, -0.2) is 0 Å². The van der Waals surface area contributed by atoms with Gasteiger partial charge in [0.15, 0.2) is 11.5 Å². The lowest BCUT2D eigenvalue weighted by Gasteiger charge is -2.29. The van der Waals surface area contributed by atoms with Crippen molar-refractivity contribution >= 4 is 5.91 Å². The fraction of sp³-hybridized carbons (Fsp3) is 0.562. The summed E-state index contributed by atoms with van der Waals surface area (Å²) in [5.74, 6) is 1.98. The molecule has 1 aliphatic carbocycles. The summed E-state index contributed by atoms with van der Waals surface area (Å²) < 4.78 is 11.0. The molecular formula is C16H20N2O3. The standard InChI is InChI=1S/C16H20N2O3/c1-18-9-11-6-12(18)8-13(11)17-16(19)10-2-3-14-15(7-10)21-5-4-20-14/h2-3,7,11-13H,4-6,8-9H2,1H3,(H,17,19). The first kappa shape index (κ1) is 13.0. The predicted octanol–water partition coefficient (Wildman–Crippen LogP) is 1.28. The molecule has 3 atom stereocenters. The second-order valence-electron chi connectivity index (χ2n) is 6.26. The number of nitrogens with zero attached hydrogens (tertiary/aromatic N) is 1. The van der Waals surface area contributed by atoms with E-state index in [1.54, 1.807) is 6.07 Å². The molecule has 2 fully saturated rings. The maximum Gasteiger partial charge on any atom is 0.251 e. The number of nitrogens with one attached hydrogen (secondary N) is 1. The molecule has 1 N–H and O–H groups in total. The molecule has 2 heterocycles. The Kier molecular flexibility index (Phi) is 3.03. The summed E-state index contributed by atoms with van der Waals surface area (Å²) in [4.78, 5) is 14.8. The van der Waals surface area contributed by atoms with Gasteiger partial charge in [0, 0.05) is 24.2 Å². The summed E-state index contributed by atoms with van der Waals surface area (Å²) in [6.07, 6.45) is 2.28. The first-order valence-electron chi connectivity index (χ1n) is 7.61. The Hall–Kier alpha value is -1.75. The molecular weight excluding hydrogens is 268 g/mol. The molecule has 1 saturated carbocycles. The van der Waals surface area contributed by atoms with E-state index in [1.807, 2.05) is 12.1 Å². The number of fused-ring (bicyclic) bond motifs is 3. The highest BCUT2D eigenvalue weighted by molar-refractivity contribution is 5.95. The molecule has 0 radical (unpaired) electrons. The van der Waals surface area contributed by atoms with E-state index in [1.165, 1.54) is 6.42 Å². The van der Waals surface area contributed by atoms with Crippen molar-refractivity contribution in [1.82, 2.24) is 10.2 Å². The van der Waals surface area contributed by atoms with Crippen LogP contribution in [0.5, 0.6) is 11.5 Å². The molecule has 3 aliphatic rings. The summed E-state index contributed by atoms with van der Waals surface area (Å²) >= 11 is 0. The molecule has 3 unspecified atom stereocenters. The van der Waals surface area contributed by atoms with E-state index in [2.05, 4.69) is 17.3 Å². The second kappa shape index (κ2) is 4.91. The summed E-state index contributed by atoms with van der Waals surface area (Å²) in [7, 11) is 2.17. The molecule has 2 aliphatic heterocycles. The number of rotatable bonds is 2. The van der Waals surface area contributed by atoms with Crippen LogP contribution in [0.15, 0.2) is 18.2 Å². The van der Waals surface area contributed by atoms with E-state index >= 15 is 0 Å². The average Bonchev–Trinajstić information content (AvgIpc) is 3.05. The van der Waals surface area contributed by atoms with Crippen LogP contribution >= 0.6 is 0 Å². The molecule has 2 bridgehead atoms. The highest BCUT2D eigenvalue weighted by atomic mass is 16.6. The Balaban J connectivity index is 1.46. The highest BCUT2D eigenvalue weighted by Crippen LogP contribution is 2.37. The zero-order valence-electron chi connectivity index (χ0n) is 12.2. The lowest BCUT2D eigenvalue weighted by Crippen LogP contribution is -2.44. The van der Waals surface area contributed by atoms with E-state index in [0.717, 1.165) is 18.7 Å². The van der Waals surface area contributed by atoms with Crippen LogP contribution in [0.2, 0.25) is 0 Å². The molecule has 1 aromatic carbocycles. The topological polar surface area (TPSA) is 50.8 Å². The van der Waals surface area contributed by atoms with Crippen molar-refractivity contribution in [1.29, 1.82) is 0 Å². The van der Waals surface area contributed by atoms with E-state index < -0.39 is 0 Å². The van der Waals surface area contributed by atoms with E-state index in [0.29, 0.717) is 42.5 Å². The second-order valence-corrected chi connectivity index (χ2v) is 6.26. The predicted molar refractivity (Wildman–Crippen MR) is 77.8 cm³/mol. The van der Waals surface area contributed by atoms with Gasteiger partial charge in [-0.3, -0.25) is 4.79 Å². The maximum absolute atomic E-state index is 12.4. The quantitative estimate of drug-likeness (QED) is 0.890. The Morgan fingerprint density at radius 2 is 2.05 bits per heavy atom. The van der Waals surface area contributed by atoms with Gasteiger partial charge in [-0.15, -0.1) is 0 Å². The minimum Gasteiger partial charge on any atom is -0.486 e. The van der Waals surface area contributed by atoms with Crippen LogP contribution in [0.3, 0.4) is 0 Å². The Bertz CT molecular complexity index is 573. The summed E-state index contributed by atoms with van der Waals surface area (Å²) in [5, 5.41) is 3.19. The number of carbonyl (C=O) groups excluding carboxylic acids is 1. The summed E-state index contributed by atoms with van der Waals surface area (Å²) in [5.41, 5.74) is 0.648. The van der Waals surface area contributed by atoms with Crippen molar-refractivity contribution in [2.45, 2.75) is 24.9 Å². The van der Waals surface area contributed by atoms with Gasteiger partial charge in [-0.05, 0) is 44.0 Å². The van der Waals surface area contributed by atoms with Crippen molar-refractivity contribution in [3.05, 3.63) is 23.8 Å². The fourth-order valence-electron chi connectivity index (χ4n) is 3.79. The number of ether oxygens (including phenoxy) is 2. The fourth-order valence-corrected chi connectivity index (χ4v) is 3.79. The first-order chi connectivity index (χ1) is 10.2. The summed E-state index contributed by atoms with van der Waals surface area (Å²) in [6.45, 7) is 2.20. The number of hydrogen-bond acceptors (Lipinski definition) is 4. The number of likely N-dealkylation sites (tertiary alicyclic amines) is 1. The van der Waals surface area contributed by atoms with Crippen molar-refractivity contribution in [2.75, 3.05) is 26.8 Å². The third-order valence-electron chi connectivity index (χ3n) is 4.94. The minimum atomic E-state index is -0.00724. The summed E-state index contributed by atoms with van der Waals surface area (Å²) in [6, 6.07) is 6.36. The normalized spacial score (nSPS) is 30.4. The smallest absolute Gasteiger partial charge is 0.251 e. The maximum atomic E-state index is 12.4. The highest BCUT2D eigenvalue weighted by Gasteiger charge is 2.43. The van der Waals surface area contributed by atoms with Crippen LogP contribution in [0, 0.1) is 5.92 Å². The van der Waals surface area contributed by atoms with Crippen molar-refractivity contribution in [3.63, 3.8) is 0 Å². The van der Waals surface area contributed by atoms with Crippen molar-refractivity contribution < 1.29 is 14.3 Å². The van der Waals surface area contributed by atoms with Crippen LogP contribution in [0.4, 0.5) is 0 Å². The number of benzene rings is 1. The van der Waals surface area contributed by atoms with E-state index in [-0.39, 0.29) is 5.91 Å². The first-order valence-corrected chi connectivity index (χ1v) is 7.61. The van der Waals surface area contributed by atoms with Crippen LogP contribution < -0.4 is 14.8 Å². The molecule has 1 saturated heterocycles. The molecule has 21 heavy (non-hydrogen) atoms. The minimum absolute atomic E-state index is 0.00724. The molecule has 4 rings (SSSR count). The zero-order chi connectivity index (χ0) is 14.4. The molecule has 5 heteroatoms. The largest absolute Gasteiger partial charge is 0.486 e. The van der Waals surface area contributed by atoms with Crippen molar-refractivity contribution in [3.8, 4) is 11.5 Å². The Morgan fingerprint density at radius 1 is 1.24 bits per heavy atom. The van der Waals surface area contributed by atoms with Gasteiger partial charge in [0.1, 0.15) is 13.2 Å². The van der Waals surface area contributed by atoms with E-state index in [9.17, 15) is 4.79 Å². The lowest BCUT2D eigenvalue weighted by molar-refractivity contribution is 0.0911. The Labute approximate surface area is 124 Å². The van der Waals surface area contributed by atoms with Crippen LogP contribution in [0.25, 0.3) is 0 Å².